The molecule has 0 spiro atoms. The molecule has 3 radical (unpaired) electrons. The van der Waals surface area contributed by atoms with Gasteiger partial charge in [0.1, 0.15) is 0 Å². The van der Waals surface area contributed by atoms with E-state index in [1.807, 2.05) is 0 Å². The van der Waals surface area contributed by atoms with E-state index in [0.29, 0.717) is 0 Å². The molecule has 0 nitrogen and oxygen atoms in total. The van der Waals surface area contributed by atoms with Gasteiger partial charge in [0, 0.05) is 0 Å². The first-order valence-corrected chi connectivity index (χ1v) is 4.25. The van der Waals surface area contributed by atoms with Crippen molar-refractivity contribution in [2.45, 2.75) is 29.6 Å². The molecule has 0 amide bonds. The van der Waals surface area contributed by atoms with Crippen LogP contribution in [0, 0.1) is 0 Å². The second kappa shape index (κ2) is 2.20. The predicted octanol–water partition coefficient (Wildman–Crippen LogP) is 1.52. The Morgan fingerprint density at radius 1 is 1.17 bits per heavy atom. The van der Waals surface area contributed by atoms with Gasteiger partial charge in [-0.15, -0.1) is 0 Å². The van der Waals surface area contributed by atoms with Crippen molar-refractivity contribution in [1.82, 2.24) is 0 Å². The zero-order valence-corrected chi connectivity index (χ0v) is 6.76. The van der Waals surface area contributed by atoms with Crippen molar-refractivity contribution >= 4 is 22.5 Å². The summed E-state index contributed by atoms with van der Waals surface area (Å²) in [4.78, 5) is 0. The Kier molecular flexibility index (Phi) is 1.81. The van der Waals surface area contributed by atoms with Crippen LogP contribution in [0.4, 0.5) is 0 Å². The molecule has 0 atom stereocenters. The summed E-state index contributed by atoms with van der Waals surface area (Å²) in [6.45, 7) is 0. The van der Waals surface area contributed by atoms with Crippen molar-refractivity contribution in [3.63, 3.8) is 0 Å². The SMILES string of the molecule is [Sn][CH]1CCCC1. The van der Waals surface area contributed by atoms with E-state index in [4.69, 9.17) is 0 Å². The van der Waals surface area contributed by atoms with Gasteiger partial charge in [-0.25, -0.2) is 0 Å². The zero-order valence-electron chi connectivity index (χ0n) is 3.91. The van der Waals surface area contributed by atoms with E-state index in [0.717, 1.165) is 3.93 Å². The molecule has 1 aliphatic carbocycles. The van der Waals surface area contributed by atoms with Crippen LogP contribution in [0.3, 0.4) is 0 Å². The third-order valence-electron chi connectivity index (χ3n) is 1.36. The standard InChI is InChI=1S/C5H9.Sn/c1-2-4-5-3-1;/h1H,2-5H2;. The molecular weight excluding hydrogens is 179 g/mol. The number of rotatable bonds is 0. The van der Waals surface area contributed by atoms with Crippen molar-refractivity contribution in [3.8, 4) is 0 Å². The van der Waals surface area contributed by atoms with E-state index < -0.39 is 0 Å². The van der Waals surface area contributed by atoms with E-state index in [2.05, 4.69) is 0 Å². The summed E-state index contributed by atoms with van der Waals surface area (Å²) in [7, 11) is 0. The second-order valence-electron chi connectivity index (χ2n) is 1.98. The fraction of sp³-hybridized carbons (Fsp3) is 1.00. The van der Waals surface area contributed by atoms with Crippen LogP contribution >= 0.6 is 0 Å². The normalized spacial score (nSPS) is 25.5. The molecule has 33 valence electrons. The fourth-order valence-electron chi connectivity index (χ4n) is 0.926. The summed E-state index contributed by atoms with van der Waals surface area (Å²) in [5.74, 6) is 0. The number of hydrogen-bond acceptors (Lipinski definition) is 0. The minimum atomic E-state index is 1.14. The molecule has 0 heterocycles. The van der Waals surface area contributed by atoms with Crippen LogP contribution in [-0.4, -0.2) is 22.5 Å². The van der Waals surface area contributed by atoms with Gasteiger partial charge >= 0.3 is 52.1 Å². The van der Waals surface area contributed by atoms with Gasteiger partial charge in [-0.2, -0.15) is 0 Å². The van der Waals surface area contributed by atoms with Gasteiger partial charge in [0.25, 0.3) is 0 Å². The quantitative estimate of drug-likeness (QED) is 0.505. The van der Waals surface area contributed by atoms with Gasteiger partial charge < -0.3 is 0 Å². The van der Waals surface area contributed by atoms with Crippen molar-refractivity contribution < 1.29 is 0 Å². The zero-order chi connectivity index (χ0) is 4.41. The first-order chi connectivity index (χ1) is 2.89. The second-order valence-corrected chi connectivity index (χ2v) is 4.31. The Morgan fingerprint density at radius 2 is 1.67 bits per heavy atom. The molecule has 1 rings (SSSR count). The maximum absolute atomic E-state index is 1.77. The van der Waals surface area contributed by atoms with E-state index in [1.165, 1.54) is 25.7 Å². The van der Waals surface area contributed by atoms with Crippen LogP contribution in [-0.2, 0) is 0 Å². The van der Waals surface area contributed by atoms with E-state index >= 15 is 0 Å². The average molecular weight is 188 g/mol. The molecule has 0 aliphatic heterocycles. The third kappa shape index (κ3) is 1.14. The van der Waals surface area contributed by atoms with Crippen molar-refractivity contribution in [2.75, 3.05) is 0 Å². The Balaban J connectivity index is 2.18. The average Bonchev–Trinajstić information content (AvgIpc) is 1.86. The molecule has 0 aromatic rings. The first-order valence-electron chi connectivity index (χ1n) is 2.61. The fourth-order valence-corrected chi connectivity index (χ4v) is 2.09. The van der Waals surface area contributed by atoms with Crippen LogP contribution < -0.4 is 0 Å². The van der Waals surface area contributed by atoms with Crippen LogP contribution in [0.25, 0.3) is 0 Å². The molecule has 1 heteroatoms. The molecule has 6 heavy (non-hydrogen) atoms. The topological polar surface area (TPSA) is 0 Å². The van der Waals surface area contributed by atoms with Crippen molar-refractivity contribution in [1.29, 1.82) is 0 Å². The molecule has 1 fully saturated rings. The van der Waals surface area contributed by atoms with Crippen LogP contribution in [0.15, 0.2) is 0 Å². The summed E-state index contributed by atoms with van der Waals surface area (Å²) in [5.41, 5.74) is 0. The summed E-state index contributed by atoms with van der Waals surface area (Å²) in [6.07, 6.45) is 6.07. The van der Waals surface area contributed by atoms with E-state index in [1.54, 1.807) is 22.5 Å². The molecule has 0 saturated heterocycles. The Hall–Kier alpha value is 0.799. The maximum atomic E-state index is 1.77. The van der Waals surface area contributed by atoms with Crippen molar-refractivity contribution in [3.05, 3.63) is 0 Å². The van der Waals surface area contributed by atoms with Gasteiger partial charge in [0.05, 0.1) is 0 Å². The van der Waals surface area contributed by atoms with Gasteiger partial charge in [-0.3, -0.25) is 0 Å². The molecule has 1 aliphatic rings. The Labute approximate surface area is 52.4 Å². The van der Waals surface area contributed by atoms with Gasteiger partial charge in [-0.05, 0) is 0 Å². The Morgan fingerprint density at radius 3 is 1.83 bits per heavy atom. The molecular formula is C5H9Sn. The van der Waals surface area contributed by atoms with Gasteiger partial charge in [0.2, 0.25) is 0 Å². The van der Waals surface area contributed by atoms with Crippen LogP contribution in [0.2, 0.25) is 3.93 Å². The molecule has 0 N–H and O–H groups in total. The van der Waals surface area contributed by atoms with Gasteiger partial charge in [-0.1, -0.05) is 0 Å². The third-order valence-corrected chi connectivity index (χ3v) is 3.00. The summed E-state index contributed by atoms with van der Waals surface area (Å²) >= 11 is 1.77. The molecule has 0 aromatic carbocycles. The van der Waals surface area contributed by atoms with Crippen molar-refractivity contribution in [2.24, 2.45) is 0 Å². The van der Waals surface area contributed by atoms with Crippen LogP contribution in [0.5, 0.6) is 0 Å². The number of hydrogen-bond donors (Lipinski definition) is 0. The monoisotopic (exact) mass is 189 g/mol. The molecule has 0 bridgehead atoms. The summed E-state index contributed by atoms with van der Waals surface area (Å²) in [5, 5.41) is 0. The minimum absolute atomic E-state index is 1.14. The van der Waals surface area contributed by atoms with Gasteiger partial charge in [0.15, 0.2) is 0 Å². The summed E-state index contributed by atoms with van der Waals surface area (Å²) in [6, 6.07) is 0. The van der Waals surface area contributed by atoms with E-state index in [-0.39, 0.29) is 0 Å². The molecule has 0 unspecified atom stereocenters. The molecule has 0 aromatic heterocycles. The Bertz CT molecular complexity index is 37.2. The van der Waals surface area contributed by atoms with Crippen LogP contribution in [0.1, 0.15) is 25.7 Å². The summed E-state index contributed by atoms with van der Waals surface area (Å²) < 4.78 is 1.14. The molecule has 1 saturated carbocycles. The predicted molar refractivity (Wildman–Crippen MR) is 28.0 cm³/mol. The first kappa shape index (κ1) is 4.95. The van der Waals surface area contributed by atoms with E-state index in [9.17, 15) is 0 Å².